The first-order valence-corrected chi connectivity index (χ1v) is 9.23. The minimum absolute atomic E-state index is 0.621. The van der Waals surface area contributed by atoms with Gasteiger partial charge in [-0.1, -0.05) is 95.4 Å². The average molecular weight is 287 g/mol. The molecule has 2 rings (SSSR count). The highest BCUT2D eigenvalue weighted by Crippen LogP contribution is 2.29. The van der Waals surface area contributed by atoms with Crippen LogP contribution in [0.4, 0.5) is 0 Å². The van der Waals surface area contributed by atoms with Crippen molar-refractivity contribution in [2.45, 2.75) is 90.1 Å². The fraction of sp³-hybridized carbons (Fsp3) is 0.700. The lowest BCUT2D eigenvalue weighted by Gasteiger charge is -2.11. The SMILES string of the molecule is CCCCCCCCCCCCC1NCc2ccccc21. The Morgan fingerprint density at radius 1 is 0.857 bits per heavy atom. The summed E-state index contributed by atoms with van der Waals surface area (Å²) in [4.78, 5) is 0. The fourth-order valence-corrected chi connectivity index (χ4v) is 3.47. The van der Waals surface area contributed by atoms with Gasteiger partial charge in [0.25, 0.3) is 0 Å². The lowest BCUT2D eigenvalue weighted by atomic mass is 9.99. The van der Waals surface area contributed by atoms with Crippen LogP contribution in [0.15, 0.2) is 24.3 Å². The molecule has 118 valence electrons. The third kappa shape index (κ3) is 5.82. The highest BCUT2D eigenvalue weighted by Gasteiger charge is 2.19. The van der Waals surface area contributed by atoms with E-state index in [9.17, 15) is 0 Å². The minimum Gasteiger partial charge on any atom is -0.306 e. The lowest BCUT2D eigenvalue weighted by molar-refractivity contribution is 0.490. The van der Waals surface area contributed by atoms with Gasteiger partial charge in [-0.2, -0.15) is 0 Å². The molecule has 1 aromatic carbocycles. The van der Waals surface area contributed by atoms with Crippen LogP contribution in [0.3, 0.4) is 0 Å². The van der Waals surface area contributed by atoms with Gasteiger partial charge in [0.2, 0.25) is 0 Å². The largest absolute Gasteiger partial charge is 0.306 e. The Bertz CT molecular complexity index is 385. The number of hydrogen-bond donors (Lipinski definition) is 1. The molecule has 1 unspecified atom stereocenters. The molecule has 1 aliphatic heterocycles. The molecule has 1 aliphatic rings. The Morgan fingerprint density at radius 2 is 1.48 bits per heavy atom. The van der Waals surface area contributed by atoms with Crippen LogP contribution < -0.4 is 5.32 Å². The molecule has 0 saturated heterocycles. The van der Waals surface area contributed by atoms with E-state index in [1.165, 1.54) is 76.2 Å². The first-order valence-electron chi connectivity index (χ1n) is 9.23. The lowest BCUT2D eigenvalue weighted by Crippen LogP contribution is -2.11. The molecule has 1 aromatic rings. The van der Waals surface area contributed by atoms with Crippen LogP contribution in [0.2, 0.25) is 0 Å². The van der Waals surface area contributed by atoms with Gasteiger partial charge >= 0.3 is 0 Å². The van der Waals surface area contributed by atoms with Crippen molar-refractivity contribution in [1.29, 1.82) is 0 Å². The van der Waals surface area contributed by atoms with Crippen molar-refractivity contribution >= 4 is 0 Å². The molecule has 0 aliphatic carbocycles. The standard InChI is InChI=1S/C20H33N/c1-2-3-4-5-6-7-8-9-10-11-16-20-19-15-13-12-14-18(19)17-21-20/h12-15,20-21H,2-11,16-17H2,1H3. The Balaban J connectivity index is 1.46. The summed E-state index contributed by atoms with van der Waals surface area (Å²) in [6.45, 7) is 3.36. The summed E-state index contributed by atoms with van der Waals surface area (Å²) in [6, 6.07) is 9.52. The maximum atomic E-state index is 3.65. The molecule has 1 nitrogen and oxygen atoms in total. The van der Waals surface area contributed by atoms with E-state index in [0.717, 1.165) is 6.54 Å². The van der Waals surface area contributed by atoms with Gasteiger partial charge in [-0.25, -0.2) is 0 Å². The quantitative estimate of drug-likeness (QED) is 0.482. The zero-order valence-electron chi connectivity index (χ0n) is 13.9. The van der Waals surface area contributed by atoms with Crippen LogP contribution in [0, 0.1) is 0 Å². The van der Waals surface area contributed by atoms with Gasteiger partial charge in [0.05, 0.1) is 0 Å². The van der Waals surface area contributed by atoms with E-state index < -0.39 is 0 Å². The molecule has 1 N–H and O–H groups in total. The Kier molecular flexibility index (Phi) is 7.88. The van der Waals surface area contributed by atoms with Crippen molar-refractivity contribution in [2.24, 2.45) is 0 Å². The number of benzene rings is 1. The molecular weight excluding hydrogens is 254 g/mol. The first kappa shape index (κ1) is 16.5. The highest BCUT2D eigenvalue weighted by molar-refractivity contribution is 5.33. The molecule has 0 saturated carbocycles. The number of hydrogen-bond acceptors (Lipinski definition) is 1. The molecule has 1 atom stereocenters. The van der Waals surface area contributed by atoms with Crippen molar-refractivity contribution in [3.05, 3.63) is 35.4 Å². The average Bonchev–Trinajstić information content (AvgIpc) is 2.92. The van der Waals surface area contributed by atoms with Crippen molar-refractivity contribution in [3.63, 3.8) is 0 Å². The highest BCUT2D eigenvalue weighted by atomic mass is 14.9. The Hall–Kier alpha value is -0.820. The predicted octanol–water partition coefficient (Wildman–Crippen LogP) is 6.14. The number of nitrogens with one attached hydrogen (secondary N) is 1. The number of rotatable bonds is 11. The van der Waals surface area contributed by atoms with Crippen molar-refractivity contribution < 1.29 is 0 Å². The zero-order valence-corrected chi connectivity index (χ0v) is 13.9. The van der Waals surface area contributed by atoms with Crippen molar-refractivity contribution in [1.82, 2.24) is 5.32 Å². The van der Waals surface area contributed by atoms with Crippen molar-refractivity contribution in [2.75, 3.05) is 0 Å². The van der Waals surface area contributed by atoms with E-state index in [1.807, 2.05) is 0 Å². The summed E-state index contributed by atoms with van der Waals surface area (Å²) in [7, 11) is 0. The second-order valence-electron chi connectivity index (χ2n) is 6.60. The van der Waals surface area contributed by atoms with E-state index in [1.54, 1.807) is 5.56 Å². The van der Waals surface area contributed by atoms with E-state index in [2.05, 4.69) is 36.5 Å². The Labute approximate surface area is 131 Å². The maximum absolute atomic E-state index is 3.65. The summed E-state index contributed by atoms with van der Waals surface area (Å²) >= 11 is 0. The second-order valence-corrected chi connectivity index (χ2v) is 6.60. The molecular formula is C20H33N. The summed E-state index contributed by atoms with van der Waals surface area (Å²) in [5, 5.41) is 3.65. The van der Waals surface area contributed by atoms with Crippen LogP contribution in [0.25, 0.3) is 0 Å². The summed E-state index contributed by atoms with van der Waals surface area (Å²) in [5.74, 6) is 0. The molecule has 1 heterocycles. The number of fused-ring (bicyclic) bond motifs is 1. The summed E-state index contributed by atoms with van der Waals surface area (Å²) < 4.78 is 0. The van der Waals surface area contributed by atoms with Crippen LogP contribution in [0.5, 0.6) is 0 Å². The van der Waals surface area contributed by atoms with Gasteiger partial charge in [-0.05, 0) is 17.5 Å². The molecule has 0 fully saturated rings. The van der Waals surface area contributed by atoms with Crippen LogP contribution in [0.1, 0.15) is 94.7 Å². The topological polar surface area (TPSA) is 12.0 Å². The van der Waals surface area contributed by atoms with E-state index >= 15 is 0 Å². The monoisotopic (exact) mass is 287 g/mol. The van der Waals surface area contributed by atoms with Crippen LogP contribution in [-0.2, 0) is 6.54 Å². The van der Waals surface area contributed by atoms with Gasteiger partial charge in [0.15, 0.2) is 0 Å². The molecule has 0 spiro atoms. The molecule has 1 heteroatoms. The maximum Gasteiger partial charge on any atom is 0.0326 e. The normalized spacial score (nSPS) is 17.1. The smallest absolute Gasteiger partial charge is 0.0326 e. The van der Waals surface area contributed by atoms with Gasteiger partial charge in [0.1, 0.15) is 0 Å². The predicted molar refractivity (Wildman–Crippen MR) is 92.5 cm³/mol. The Morgan fingerprint density at radius 3 is 2.19 bits per heavy atom. The van der Waals surface area contributed by atoms with Gasteiger partial charge in [-0.15, -0.1) is 0 Å². The van der Waals surface area contributed by atoms with E-state index in [-0.39, 0.29) is 0 Å². The molecule has 0 aromatic heterocycles. The minimum atomic E-state index is 0.621. The van der Waals surface area contributed by atoms with E-state index in [4.69, 9.17) is 0 Å². The number of unbranched alkanes of at least 4 members (excludes halogenated alkanes) is 9. The molecule has 0 bridgehead atoms. The third-order valence-electron chi connectivity index (χ3n) is 4.82. The van der Waals surface area contributed by atoms with Gasteiger partial charge in [-0.3, -0.25) is 0 Å². The summed E-state index contributed by atoms with van der Waals surface area (Å²) in [5.41, 5.74) is 3.06. The zero-order chi connectivity index (χ0) is 14.8. The molecule has 0 amide bonds. The second kappa shape index (κ2) is 10.00. The fourth-order valence-electron chi connectivity index (χ4n) is 3.47. The summed E-state index contributed by atoms with van der Waals surface area (Å²) in [6.07, 6.45) is 15.6. The van der Waals surface area contributed by atoms with Gasteiger partial charge < -0.3 is 5.32 Å². The first-order chi connectivity index (χ1) is 10.4. The van der Waals surface area contributed by atoms with Crippen molar-refractivity contribution in [3.8, 4) is 0 Å². The van der Waals surface area contributed by atoms with Gasteiger partial charge in [0, 0.05) is 12.6 Å². The molecule has 21 heavy (non-hydrogen) atoms. The van der Waals surface area contributed by atoms with Crippen LogP contribution >= 0.6 is 0 Å². The third-order valence-corrected chi connectivity index (χ3v) is 4.82. The van der Waals surface area contributed by atoms with Crippen LogP contribution in [-0.4, -0.2) is 0 Å². The van der Waals surface area contributed by atoms with E-state index in [0.29, 0.717) is 6.04 Å². The molecule has 0 radical (unpaired) electrons.